The van der Waals surface area contributed by atoms with Crippen molar-refractivity contribution in [2.24, 2.45) is 0 Å². The molecule has 104 valence electrons. The lowest BCUT2D eigenvalue weighted by Gasteiger charge is -2.19. The molecule has 0 saturated carbocycles. The predicted octanol–water partition coefficient (Wildman–Crippen LogP) is 3.99. The lowest BCUT2D eigenvalue weighted by molar-refractivity contribution is 0.101. The molecule has 0 bridgehead atoms. The first-order valence-electron chi connectivity index (χ1n) is 7.11. The maximum Gasteiger partial charge on any atom is 0.231 e. The third-order valence-electron chi connectivity index (χ3n) is 3.83. The zero-order chi connectivity index (χ0) is 14.2. The summed E-state index contributed by atoms with van der Waals surface area (Å²) >= 11 is 0. The summed E-state index contributed by atoms with van der Waals surface area (Å²) in [5, 5.41) is 0.937. The minimum absolute atomic E-state index is 0.120. The van der Waals surface area contributed by atoms with Gasteiger partial charge in [0.2, 0.25) is 5.78 Å². The zero-order valence-electron chi connectivity index (χ0n) is 11.5. The number of aryl methyl sites for hydroxylation is 1. The van der Waals surface area contributed by atoms with Gasteiger partial charge in [-0.3, -0.25) is 4.79 Å². The first kappa shape index (κ1) is 12.2. The Balaban J connectivity index is 1.81. The number of fused-ring (bicyclic) bond motifs is 2. The van der Waals surface area contributed by atoms with Crippen LogP contribution in [0, 0.1) is 0 Å². The fourth-order valence-electron chi connectivity index (χ4n) is 2.79. The van der Waals surface area contributed by atoms with Crippen molar-refractivity contribution < 1.29 is 13.9 Å². The van der Waals surface area contributed by atoms with Crippen molar-refractivity contribution >= 4 is 16.8 Å². The van der Waals surface area contributed by atoms with E-state index in [1.807, 2.05) is 36.4 Å². The van der Waals surface area contributed by atoms with Crippen molar-refractivity contribution in [1.29, 1.82) is 0 Å². The Bertz CT molecular complexity index is 796. The van der Waals surface area contributed by atoms with E-state index in [1.165, 1.54) is 0 Å². The normalized spacial score (nSPS) is 13.7. The molecule has 0 radical (unpaired) electrons. The van der Waals surface area contributed by atoms with Crippen molar-refractivity contribution in [3.05, 3.63) is 65.4 Å². The Labute approximate surface area is 122 Å². The van der Waals surface area contributed by atoms with Gasteiger partial charge in [0.25, 0.3) is 0 Å². The van der Waals surface area contributed by atoms with E-state index < -0.39 is 0 Å². The molecule has 1 aliphatic heterocycles. The van der Waals surface area contributed by atoms with E-state index in [2.05, 4.69) is 0 Å². The first-order chi connectivity index (χ1) is 10.3. The molecule has 0 saturated heterocycles. The minimum atomic E-state index is -0.120. The third-order valence-corrected chi connectivity index (χ3v) is 3.83. The highest BCUT2D eigenvalue weighted by Crippen LogP contribution is 2.31. The summed E-state index contributed by atoms with van der Waals surface area (Å²) in [6.45, 7) is 0.664. The van der Waals surface area contributed by atoms with Crippen LogP contribution in [0.2, 0.25) is 0 Å². The number of ketones is 1. The number of para-hydroxylation sites is 2. The van der Waals surface area contributed by atoms with Gasteiger partial charge in [0.15, 0.2) is 5.76 Å². The number of rotatable bonds is 2. The van der Waals surface area contributed by atoms with Gasteiger partial charge >= 0.3 is 0 Å². The molecule has 21 heavy (non-hydrogen) atoms. The van der Waals surface area contributed by atoms with Crippen molar-refractivity contribution in [3.8, 4) is 5.75 Å². The number of benzene rings is 2. The van der Waals surface area contributed by atoms with Crippen LogP contribution in [0.1, 0.15) is 28.1 Å². The molecule has 0 atom stereocenters. The smallest absolute Gasteiger partial charge is 0.231 e. The van der Waals surface area contributed by atoms with Crippen LogP contribution in [0.4, 0.5) is 0 Å². The second kappa shape index (κ2) is 4.77. The molecule has 3 nitrogen and oxygen atoms in total. The van der Waals surface area contributed by atoms with Gasteiger partial charge in [-0.15, -0.1) is 0 Å². The largest absolute Gasteiger partial charge is 0.493 e. The van der Waals surface area contributed by atoms with Crippen molar-refractivity contribution in [3.63, 3.8) is 0 Å². The molecule has 0 unspecified atom stereocenters. The van der Waals surface area contributed by atoms with Crippen LogP contribution in [0.3, 0.4) is 0 Å². The number of carbonyl (C=O) groups is 1. The molecule has 0 N–H and O–H groups in total. The Morgan fingerprint density at radius 2 is 1.95 bits per heavy atom. The number of ether oxygens (including phenoxy) is 1. The van der Waals surface area contributed by atoms with Gasteiger partial charge in [0, 0.05) is 5.39 Å². The number of furan rings is 1. The van der Waals surface area contributed by atoms with Crippen LogP contribution >= 0.6 is 0 Å². The summed E-state index contributed by atoms with van der Waals surface area (Å²) in [7, 11) is 0. The molecule has 0 spiro atoms. The second-order valence-corrected chi connectivity index (χ2v) is 5.22. The van der Waals surface area contributed by atoms with Crippen LogP contribution in [0.15, 0.2) is 52.9 Å². The first-order valence-corrected chi connectivity index (χ1v) is 7.11. The van der Waals surface area contributed by atoms with E-state index in [1.54, 1.807) is 12.1 Å². The summed E-state index contributed by atoms with van der Waals surface area (Å²) in [6, 6.07) is 15.1. The van der Waals surface area contributed by atoms with Gasteiger partial charge in [-0.2, -0.15) is 0 Å². The molecular formula is C18H14O3. The van der Waals surface area contributed by atoms with E-state index >= 15 is 0 Å². The van der Waals surface area contributed by atoms with Crippen molar-refractivity contribution in [2.45, 2.75) is 12.8 Å². The lowest BCUT2D eigenvalue weighted by atomic mass is 9.99. The van der Waals surface area contributed by atoms with Crippen molar-refractivity contribution in [1.82, 2.24) is 0 Å². The summed E-state index contributed by atoms with van der Waals surface area (Å²) in [4.78, 5) is 12.7. The highest BCUT2D eigenvalue weighted by molar-refractivity contribution is 6.10. The van der Waals surface area contributed by atoms with Crippen LogP contribution in [0.25, 0.3) is 11.0 Å². The third kappa shape index (κ3) is 2.02. The highest BCUT2D eigenvalue weighted by Gasteiger charge is 2.22. The number of hydrogen-bond donors (Lipinski definition) is 0. The molecule has 1 aromatic heterocycles. The maximum absolute atomic E-state index is 12.7. The summed E-state index contributed by atoms with van der Waals surface area (Å²) < 4.78 is 11.4. The SMILES string of the molecule is O=C(c1cc2ccccc2o1)c1cccc2c1OCCC2. The van der Waals surface area contributed by atoms with Gasteiger partial charge in [-0.05, 0) is 36.6 Å². The molecule has 0 amide bonds. The number of carbonyl (C=O) groups excluding carboxylic acids is 1. The number of hydrogen-bond acceptors (Lipinski definition) is 3. The zero-order valence-corrected chi connectivity index (χ0v) is 11.5. The molecule has 2 aromatic carbocycles. The molecule has 4 rings (SSSR count). The quantitative estimate of drug-likeness (QED) is 0.665. The molecule has 0 aliphatic carbocycles. The van der Waals surface area contributed by atoms with E-state index in [9.17, 15) is 4.79 Å². The molecule has 0 fully saturated rings. The predicted molar refractivity (Wildman–Crippen MR) is 79.9 cm³/mol. The standard InChI is InChI=1S/C18H14O3/c19-17(16-11-13-5-1-2-9-15(13)21-16)14-8-3-6-12-7-4-10-20-18(12)14/h1-3,5-6,8-9,11H,4,7,10H2. The maximum atomic E-state index is 12.7. The van der Waals surface area contributed by atoms with Gasteiger partial charge < -0.3 is 9.15 Å². The fourth-order valence-corrected chi connectivity index (χ4v) is 2.79. The van der Waals surface area contributed by atoms with Gasteiger partial charge in [0.1, 0.15) is 11.3 Å². The van der Waals surface area contributed by atoms with E-state index in [4.69, 9.17) is 9.15 Å². The molecule has 3 aromatic rings. The Morgan fingerprint density at radius 3 is 2.86 bits per heavy atom. The Morgan fingerprint density at radius 1 is 1.05 bits per heavy atom. The van der Waals surface area contributed by atoms with Gasteiger partial charge in [-0.25, -0.2) is 0 Å². The van der Waals surface area contributed by atoms with Crippen LogP contribution in [0.5, 0.6) is 5.75 Å². The fraction of sp³-hybridized carbons (Fsp3) is 0.167. The average molecular weight is 278 g/mol. The lowest BCUT2D eigenvalue weighted by Crippen LogP contribution is -2.13. The van der Waals surface area contributed by atoms with E-state index in [-0.39, 0.29) is 5.78 Å². The van der Waals surface area contributed by atoms with Gasteiger partial charge in [-0.1, -0.05) is 30.3 Å². The molecule has 3 heteroatoms. The van der Waals surface area contributed by atoms with E-state index in [0.717, 1.165) is 29.4 Å². The van der Waals surface area contributed by atoms with Crippen LogP contribution in [-0.4, -0.2) is 12.4 Å². The summed E-state index contributed by atoms with van der Waals surface area (Å²) in [5.41, 5.74) is 2.42. The summed E-state index contributed by atoms with van der Waals surface area (Å²) in [6.07, 6.45) is 1.95. The van der Waals surface area contributed by atoms with Crippen molar-refractivity contribution in [2.75, 3.05) is 6.61 Å². The topological polar surface area (TPSA) is 39.4 Å². The Kier molecular flexibility index (Phi) is 2.78. The second-order valence-electron chi connectivity index (χ2n) is 5.22. The molecular weight excluding hydrogens is 264 g/mol. The molecule has 1 aliphatic rings. The summed E-state index contributed by atoms with van der Waals surface area (Å²) in [5.74, 6) is 0.956. The minimum Gasteiger partial charge on any atom is -0.493 e. The molecule has 2 heterocycles. The van der Waals surface area contributed by atoms with E-state index in [0.29, 0.717) is 23.7 Å². The average Bonchev–Trinajstić information content (AvgIpc) is 2.97. The van der Waals surface area contributed by atoms with Crippen LogP contribution in [-0.2, 0) is 6.42 Å². The van der Waals surface area contributed by atoms with Crippen LogP contribution < -0.4 is 4.74 Å². The highest BCUT2D eigenvalue weighted by atomic mass is 16.5. The monoisotopic (exact) mass is 278 g/mol. The van der Waals surface area contributed by atoms with Gasteiger partial charge in [0.05, 0.1) is 12.2 Å². The Hall–Kier alpha value is -2.55.